The van der Waals surface area contributed by atoms with Crippen molar-refractivity contribution in [3.8, 4) is 0 Å². The predicted octanol–water partition coefficient (Wildman–Crippen LogP) is 3.00. The van der Waals surface area contributed by atoms with Gasteiger partial charge in [0.1, 0.15) is 0 Å². The standard InChI is InChI=1S/C20H29N3O3/c1-14(2)12-20(3,4)13-21-19(26)22(5)10-11-23-17(24)15-8-6-7-9-16(15)18(23)25/h6-9,14H,10-13H2,1-5H3,(H,21,26). The van der Waals surface area contributed by atoms with Gasteiger partial charge in [-0.15, -0.1) is 0 Å². The van der Waals surface area contributed by atoms with E-state index < -0.39 is 0 Å². The third-order valence-corrected chi connectivity index (χ3v) is 4.56. The van der Waals surface area contributed by atoms with Crippen LogP contribution in [0.25, 0.3) is 0 Å². The predicted molar refractivity (Wildman–Crippen MR) is 101 cm³/mol. The molecule has 4 amide bonds. The molecular weight excluding hydrogens is 330 g/mol. The van der Waals surface area contributed by atoms with Crippen LogP contribution in [0.15, 0.2) is 24.3 Å². The summed E-state index contributed by atoms with van der Waals surface area (Å²) in [6, 6.07) is 6.60. The molecular formula is C20H29N3O3. The van der Waals surface area contributed by atoms with E-state index in [0.717, 1.165) is 6.42 Å². The van der Waals surface area contributed by atoms with E-state index in [2.05, 4.69) is 33.0 Å². The van der Waals surface area contributed by atoms with Gasteiger partial charge in [0.25, 0.3) is 11.8 Å². The number of amides is 4. The van der Waals surface area contributed by atoms with Crippen LogP contribution >= 0.6 is 0 Å². The molecule has 0 saturated carbocycles. The van der Waals surface area contributed by atoms with Gasteiger partial charge in [-0.05, 0) is 29.9 Å². The number of fused-ring (bicyclic) bond motifs is 1. The highest BCUT2D eigenvalue weighted by atomic mass is 16.2. The van der Waals surface area contributed by atoms with Crippen LogP contribution < -0.4 is 5.32 Å². The Balaban J connectivity index is 1.85. The second kappa shape index (κ2) is 7.89. The van der Waals surface area contributed by atoms with Crippen molar-refractivity contribution < 1.29 is 14.4 Å². The van der Waals surface area contributed by atoms with Crippen LogP contribution in [0, 0.1) is 11.3 Å². The number of nitrogens with one attached hydrogen (secondary N) is 1. The van der Waals surface area contributed by atoms with E-state index in [9.17, 15) is 14.4 Å². The Labute approximate surface area is 155 Å². The van der Waals surface area contributed by atoms with Gasteiger partial charge in [-0.25, -0.2) is 4.79 Å². The molecule has 0 spiro atoms. The molecule has 1 aliphatic rings. The van der Waals surface area contributed by atoms with Gasteiger partial charge < -0.3 is 10.2 Å². The van der Waals surface area contributed by atoms with Crippen molar-refractivity contribution in [1.82, 2.24) is 15.1 Å². The summed E-state index contributed by atoms with van der Waals surface area (Å²) in [5.74, 6) is -0.0246. The average molecular weight is 359 g/mol. The number of rotatable bonds is 7. The topological polar surface area (TPSA) is 69.7 Å². The fraction of sp³-hybridized carbons (Fsp3) is 0.550. The van der Waals surface area contributed by atoms with Crippen molar-refractivity contribution in [3.05, 3.63) is 35.4 Å². The van der Waals surface area contributed by atoms with Crippen LogP contribution in [0.3, 0.4) is 0 Å². The van der Waals surface area contributed by atoms with Gasteiger partial charge in [0.05, 0.1) is 11.1 Å². The molecule has 6 heteroatoms. The first-order chi connectivity index (χ1) is 12.1. The van der Waals surface area contributed by atoms with Crippen molar-refractivity contribution in [2.45, 2.75) is 34.1 Å². The summed E-state index contributed by atoms with van der Waals surface area (Å²) in [5, 5.41) is 2.94. The summed E-state index contributed by atoms with van der Waals surface area (Å²) in [6.45, 7) is 9.66. The number of carbonyl (C=O) groups is 3. The first-order valence-corrected chi connectivity index (χ1v) is 9.06. The van der Waals surface area contributed by atoms with Crippen molar-refractivity contribution in [2.75, 3.05) is 26.7 Å². The number of urea groups is 1. The van der Waals surface area contributed by atoms with E-state index in [-0.39, 0.29) is 29.8 Å². The minimum Gasteiger partial charge on any atom is -0.337 e. The fourth-order valence-corrected chi connectivity index (χ4v) is 3.42. The molecule has 26 heavy (non-hydrogen) atoms. The summed E-state index contributed by atoms with van der Waals surface area (Å²) < 4.78 is 0. The quantitative estimate of drug-likeness (QED) is 0.761. The van der Waals surface area contributed by atoms with E-state index in [4.69, 9.17) is 0 Å². The Morgan fingerprint density at radius 1 is 1.15 bits per heavy atom. The molecule has 0 bridgehead atoms. The highest BCUT2D eigenvalue weighted by molar-refractivity contribution is 6.21. The van der Waals surface area contributed by atoms with E-state index in [0.29, 0.717) is 30.1 Å². The molecule has 0 aromatic heterocycles. The molecule has 142 valence electrons. The van der Waals surface area contributed by atoms with Crippen LogP contribution in [0.5, 0.6) is 0 Å². The molecule has 1 aromatic carbocycles. The number of benzene rings is 1. The zero-order valence-corrected chi connectivity index (χ0v) is 16.3. The molecule has 0 radical (unpaired) electrons. The second-order valence-corrected chi connectivity index (χ2v) is 8.15. The molecule has 1 heterocycles. The number of hydrogen-bond donors (Lipinski definition) is 1. The normalized spacial score (nSPS) is 14.0. The van der Waals surface area contributed by atoms with Crippen molar-refractivity contribution in [3.63, 3.8) is 0 Å². The third-order valence-electron chi connectivity index (χ3n) is 4.56. The van der Waals surface area contributed by atoms with Gasteiger partial charge in [-0.2, -0.15) is 0 Å². The maximum Gasteiger partial charge on any atom is 0.317 e. The Morgan fingerprint density at radius 2 is 1.69 bits per heavy atom. The summed E-state index contributed by atoms with van der Waals surface area (Å²) in [7, 11) is 1.67. The lowest BCUT2D eigenvalue weighted by Crippen LogP contribution is -2.45. The number of carbonyl (C=O) groups excluding carboxylic acids is 3. The number of likely N-dealkylation sites (N-methyl/N-ethyl adjacent to an activating group) is 1. The summed E-state index contributed by atoms with van der Waals surface area (Å²) >= 11 is 0. The van der Waals surface area contributed by atoms with Crippen LogP contribution in [-0.2, 0) is 0 Å². The van der Waals surface area contributed by atoms with Crippen molar-refractivity contribution in [2.24, 2.45) is 11.3 Å². The van der Waals surface area contributed by atoms with Crippen LogP contribution in [0.1, 0.15) is 54.8 Å². The maximum atomic E-state index is 12.3. The number of imide groups is 1. The number of nitrogens with zero attached hydrogens (tertiary/aromatic N) is 2. The minimum atomic E-state index is -0.294. The zero-order valence-electron chi connectivity index (χ0n) is 16.3. The van der Waals surface area contributed by atoms with Gasteiger partial charge in [0.15, 0.2) is 0 Å². The number of hydrogen-bond acceptors (Lipinski definition) is 3. The lowest BCUT2D eigenvalue weighted by Gasteiger charge is -2.28. The third kappa shape index (κ3) is 4.62. The molecule has 2 rings (SSSR count). The molecule has 0 saturated heterocycles. The summed E-state index contributed by atoms with van der Waals surface area (Å²) in [4.78, 5) is 39.7. The molecule has 0 fully saturated rings. The lowest BCUT2D eigenvalue weighted by atomic mass is 9.84. The van der Waals surface area contributed by atoms with Gasteiger partial charge in [0.2, 0.25) is 0 Å². The van der Waals surface area contributed by atoms with E-state index >= 15 is 0 Å². The van der Waals surface area contributed by atoms with Gasteiger partial charge in [-0.3, -0.25) is 14.5 Å². The van der Waals surface area contributed by atoms with Gasteiger partial charge in [-0.1, -0.05) is 39.8 Å². The highest BCUT2D eigenvalue weighted by Gasteiger charge is 2.35. The Bertz CT molecular complexity index is 662. The van der Waals surface area contributed by atoms with Crippen LogP contribution in [0.2, 0.25) is 0 Å². The molecule has 0 atom stereocenters. The monoisotopic (exact) mass is 359 g/mol. The Morgan fingerprint density at radius 3 is 2.19 bits per heavy atom. The summed E-state index contributed by atoms with van der Waals surface area (Å²) in [6.07, 6.45) is 1.02. The zero-order chi connectivity index (χ0) is 19.5. The van der Waals surface area contributed by atoms with Crippen molar-refractivity contribution >= 4 is 17.8 Å². The molecule has 6 nitrogen and oxygen atoms in total. The molecule has 1 aromatic rings. The van der Waals surface area contributed by atoms with Crippen LogP contribution in [0.4, 0.5) is 4.79 Å². The fourth-order valence-electron chi connectivity index (χ4n) is 3.42. The van der Waals surface area contributed by atoms with E-state index in [1.54, 1.807) is 31.3 Å². The first kappa shape index (κ1) is 19.9. The minimum absolute atomic E-state index is 0.0210. The van der Waals surface area contributed by atoms with Gasteiger partial charge >= 0.3 is 6.03 Å². The SMILES string of the molecule is CC(C)CC(C)(C)CNC(=O)N(C)CCN1C(=O)c2ccccc2C1=O. The Hall–Kier alpha value is -2.37. The summed E-state index contributed by atoms with van der Waals surface area (Å²) in [5.41, 5.74) is 0.882. The lowest BCUT2D eigenvalue weighted by molar-refractivity contribution is 0.0644. The molecule has 0 aliphatic carbocycles. The highest BCUT2D eigenvalue weighted by Crippen LogP contribution is 2.24. The average Bonchev–Trinajstić information content (AvgIpc) is 2.81. The Kier molecular flexibility index (Phi) is 6.05. The molecule has 0 unspecified atom stereocenters. The van der Waals surface area contributed by atoms with E-state index in [1.807, 2.05) is 0 Å². The second-order valence-electron chi connectivity index (χ2n) is 8.15. The van der Waals surface area contributed by atoms with Crippen molar-refractivity contribution in [1.29, 1.82) is 0 Å². The molecule has 1 N–H and O–H groups in total. The molecule has 1 aliphatic heterocycles. The van der Waals surface area contributed by atoms with E-state index in [1.165, 1.54) is 9.80 Å². The largest absolute Gasteiger partial charge is 0.337 e. The van der Waals surface area contributed by atoms with Crippen LogP contribution in [-0.4, -0.2) is 54.3 Å². The first-order valence-electron chi connectivity index (χ1n) is 9.06. The maximum absolute atomic E-state index is 12.3. The van der Waals surface area contributed by atoms with Gasteiger partial charge in [0, 0.05) is 26.7 Å². The smallest absolute Gasteiger partial charge is 0.317 e.